The van der Waals surface area contributed by atoms with Gasteiger partial charge in [-0.1, -0.05) is 0 Å². The molecule has 82 valence electrons. The molecule has 2 rings (SSSR count). The minimum absolute atomic E-state index is 0.674. The van der Waals surface area contributed by atoms with E-state index in [9.17, 15) is 4.79 Å². The van der Waals surface area contributed by atoms with Crippen molar-refractivity contribution >= 4 is 17.6 Å². The molecule has 0 radical (unpaired) electrons. The van der Waals surface area contributed by atoms with Crippen LogP contribution in [0, 0.1) is 0 Å². The molecule has 1 aromatic heterocycles. The Morgan fingerprint density at radius 1 is 1.19 bits per heavy atom. The largest absolute Gasteiger partial charge is 0.494 e. The predicted molar refractivity (Wildman–Crippen MR) is 66.3 cm³/mol. The molecule has 0 unspecified atom stereocenters. The molecule has 0 aliphatic heterocycles. The van der Waals surface area contributed by atoms with Gasteiger partial charge in [-0.15, -0.1) is 11.3 Å². The average molecular weight is 232 g/mol. The van der Waals surface area contributed by atoms with Gasteiger partial charge in [0.15, 0.2) is 6.29 Å². The van der Waals surface area contributed by atoms with Crippen molar-refractivity contribution in [2.45, 2.75) is 6.92 Å². The van der Waals surface area contributed by atoms with Gasteiger partial charge >= 0.3 is 0 Å². The van der Waals surface area contributed by atoms with E-state index in [1.807, 2.05) is 43.3 Å². The van der Waals surface area contributed by atoms with Crippen LogP contribution >= 0.6 is 11.3 Å². The van der Waals surface area contributed by atoms with E-state index in [-0.39, 0.29) is 0 Å². The first kappa shape index (κ1) is 10.9. The highest BCUT2D eigenvalue weighted by Crippen LogP contribution is 2.28. The molecule has 2 nitrogen and oxygen atoms in total. The number of aldehydes is 1. The minimum atomic E-state index is 0.674. The highest BCUT2D eigenvalue weighted by Gasteiger charge is 2.02. The number of thiophene rings is 1. The highest BCUT2D eigenvalue weighted by molar-refractivity contribution is 7.17. The van der Waals surface area contributed by atoms with E-state index in [1.54, 1.807) is 0 Å². The first-order valence-electron chi connectivity index (χ1n) is 5.11. The van der Waals surface area contributed by atoms with Crippen molar-refractivity contribution in [2.75, 3.05) is 6.61 Å². The maximum atomic E-state index is 10.6. The van der Waals surface area contributed by atoms with Gasteiger partial charge in [-0.3, -0.25) is 4.79 Å². The first-order chi connectivity index (χ1) is 7.83. The molecule has 16 heavy (non-hydrogen) atoms. The van der Waals surface area contributed by atoms with Crippen molar-refractivity contribution in [3.63, 3.8) is 0 Å². The molecule has 0 amide bonds. The molecule has 2 aromatic rings. The Labute approximate surface area is 98.5 Å². The second-order valence-corrected chi connectivity index (χ2v) is 4.39. The van der Waals surface area contributed by atoms with E-state index in [4.69, 9.17) is 4.74 Å². The van der Waals surface area contributed by atoms with Gasteiger partial charge in [-0.2, -0.15) is 0 Å². The molecule has 0 atom stereocenters. The van der Waals surface area contributed by atoms with E-state index in [0.29, 0.717) is 6.61 Å². The van der Waals surface area contributed by atoms with Crippen LogP contribution in [0.25, 0.3) is 10.4 Å². The molecule has 0 saturated carbocycles. The summed E-state index contributed by atoms with van der Waals surface area (Å²) in [5.74, 6) is 0.874. The van der Waals surface area contributed by atoms with Crippen molar-refractivity contribution in [3.8, 4) is 16.2 Å². The Balaban J connectivity index is 2.23. The van der Waals surface area contributed by atoms with Gasteiger partial charge in [0.25, 0.3) is 0 Å². The summed E-state index contributed by atoms with van der Waals surface area (Å²) in [4.78, 5) is 12.4. The number of hydrogen-bond acceptors (Lipinski definition) is 3. The highest BCUT2D eigenvalue weighted by atomic mass is 32.1. The zero-order valence-corrected chi connectivity index (χ0v) is 9.79. The summed E-state index contributed by atoms with van der Waals surface area (Å²) in [5, 5.41) is 0. The zero-order valence-electron chi connectivity index (χ0n) is 8.97. The summed E-state index contributed by atoms with van der Waals surface area (Å²) in [6.07, 6.45) is 0.878. The van der Waals surface area contributed by atoms with Crippen LogP contribution in [0.5, 0.6) is 5.75 Å². The van der Waals surface area contributed by atoms with Gasteiger partial charge in [-0.05, 0) is 48.9 Å². The smallest absolute Gasteiger partial charge is 0.160 e. The molecule has 1 heterocycles. The fourth-order valence-corrected chi connectivity index (χ4v) is 2.28. The van der Waals surface area contributed by atoms with Crippen molar-refractivity contribution in [1.82, 2.24) is 0 Å². The zero-order chi connectivity index (χ0) is 11.4. The summed E-state index contributed by atoms with van der Waals surface area (Å²) in [7, 11) is 0. The minimum Gasteiger partial charge on any atom is -0.494 e. The lowest BCUT2D eigenvalue weighted by Gasteiger charge is -2.03. The molecular formula is C13H12O2S. The number of carbonyl (C=O) groups excluding carboxylic acids is 1. The van der Waals surface area contributed by atoms with Gasteiger partial charge < -0.3 is 4.74 Å². The van der Waals surface area contributed by atoms with Crippen molar-refractivity contribution in [3.05, 3.63) is 41.3 Å². The first-order valence-corrected chi connectivity index (χ1v) is 5.93. The van der Waals surface area contributed by atoms with Crippen LogP contribution < -0.4 is 4.74 Å². The van der Waals surface area contributed by atoms with Crippen LogP contribution in [0.15, 0.2) is 36.4 Å². The lowest BCUT2D eigenvalue weighted by molar-refractivity contribution is 0.112. The van der Waals surface area contributed by atoms with Crippen LogP contribution in [0.1, 0.15) is 16.6 Å². The number of hydrogen-bond donors (Lipinski definition) is 0. The number of rotatable bonds is 4. The average Bonchev–Trinajstić information content (AvgIpc) is 2.79. The Kier molecular flexibility index (Phi) is 3.37. The van der Waals surface area contributed by atoms with Gasteiger partial charge in [0, 0.05) is 4.88 Å². The molecule has 3 heteroatoms. The molecule has 0 fully saturated rings. The Bertz CT molecular complexity index is 471. The van der Waals surface area contributed by atoms with Crippen molar-refractivity contribution in [1.29, 1.82) is 0 Å². The topological polar surface area (TPSA) is 26.3 Å². The lowest BCUT2D eigenvalue weighted by atomic mass is 10.2. The van der Waals surface area contributed by atoms with Gasteiger partial charge in [-0.25, -0.2) is 0 Å². The van der Waals surface area contributed by atoms with Gasteiger partial charge in [0.1, 0.15) is 5.75 Å². The third kappa shape index (κ3) is 2.31. The molecule has 0 aliphatic rings. The van der Waals surface area contributed by atoms with Crippen LogP contribution in [-0.4, -0.2) is 12.9 Å². The SMILES string of the molecule is CCOc1ccc(-c2ccc(C=O)s2)cc1. The summed E-state index contributed by atoms with van der Waals surface area (Å²) in [6.45, 7) is 2.64. The maximum absolute atomic E-state index is 10.6. The summed E-state index contributed by atoms with van der Waals surface area (Å²) in [6, 6.07) is 11.7. The Morgan fingerprint density at radius 2 is 1.94 bits per heavy atom. The van der Waals surface area contributed by atoms with Crippen LogP contribution in [0.2, 0.25) is 0 Å². The Morgan fingerprint density at radius 3 is 2.50 bits per heavy atom. The van der Waals surface area contributed by atoms with Crippen LogP contribution in [0.4, 0.5) is 0 Å². The molecule has 0 spiro atoms. The second kappa shape index (κ2) is 4.94. The Hall–Kier alpha value is -1.61. The van der Waals surface area contributed by atoms with Gasteiger partial charge in [0.05, 0.1) is 11.5 Å². The van der Waals surface area contributed by atoms with Crippen molar-refractivity contribution in [2.24, 2.45) is 0 Å². The summed E-state index contributed by atoms with van der Waals surface area (Å²) < 4.78 is 5.37. The summed E-state index contributed by atoms with van der Waals surface area (Å²) >= 11 is 1.50. The molecule has 0 bridgehead atoms. The third-order valence-corrected chi connectivity index (χ3v) is 3.25. The van der Waals surface area contributed by atoms with E-state index in [2.05, 4.69) is 0 Å². The van der Waals surface area contributed by atoms with Gasteiger partial charge in [0.2, 0.25) is 0 Å². The number of ether oxygens (including phenoxy) is 1. The second-order valence-electron chi connectivity index (χ2n) is 3.28. The van der Waals surface area contributed by atoms with E-state index in [1.165, 1.54) is 11.3 Å². The van der Waals surface area contributed by atoms with E-state index < -0.39 is 0 Å². The number of carbonyl (C=O) groups is 1. The van der Waals surface area contributed by atoms with Crippen LogP contribution in [0.3, 0.4) is 0 Å². The molecule has 0 N–H and O–H groups in total. The standard InChI is InChI=1S/C13H12O2S/c1-2-15-11-5-3-10(4-6-11)13-8-7-12(9-14)16-13/h3-9H,2H2,1H3. The molecule has 0 saturated heterocycles. The maximum Gasteiger partial charge on any atom is 0.160 e. The predicted octanol–water partition coefficient (Wildman–Crippen LogP) is 3.63. The monoisotopic (exact) mass is 232 g/mol. The third-order valence-electron chi connectivity index (χ3n) is 2.19. The fourth-order valence-electron chi connectivity index (χ4n) is 1.45. The molecular weight excluding hydrogens is 220 g/mol. The van der Waals surface area contributed by atoms with Crippen molar-refractivity contribution < 1.29 is 9.53 Å². The normalized spacial score (nSPS) is 10.1. The lowest BCUT2D eigenvalue weighted by Crippen LogP contribution is -1.90. The molecule has 0 aliphatic carbocycles. The fraction of sp³-hybridized carbons (Fsp3) is 0.154. The summed E-state index contributed by atoms with van der Waals surface area (Å²) in [5.41, 5.74) is 1.11. The van der Waals surface area contributed by atoms with E-state index in [0.717, 1.165) is 27.4 Å². The quantitative estimate of drug-likeness (QED) is 0.752. The molecule has 1 aromatic carbocycles. The van der Waals surface area contributed by atoms with Crippen LogP contribution in [-0.2, 0) is 0 Å². The van der Waals surface area contributed by atoms with E-state index >= 15 is 0 Å². The number of benzene rings is 1.